The van der Waals surface area contributed by atoms with Crippen molar-refractivity contribution in [3.8, 4) is 5.75 Å². The third-order valence-corrected chi connectivity index (χ3v) is 3.53. The molecule has 2 rings (SSSR count). The second kappa shape index (κ2) is 6.20. The molecule has 1 aromatic carbocycles. The van der Waals surface area contributed by atoms with Gasteiger partial charge in [-0.25, -0.2) is 0 Å². The molecule has 1 aliphatic heterocycles. The topological polar surface area (TPSA) is 50.4 Å². The van der Waals surface area contributed by atoms with Crippen molar-refractivity contribution in [2.75, 3.05) is 20.2 Å². The lowest BCUT2D eigenvalue weighted by molar-refractivity contribution is 0.0927. The molecule has 5 heteroatoms. The summed E-state index contributed by atoms with van der Waals surface area (Å²) in [4.78, 5) is 12.2. The third kappa shape index (κ3) is 3.23. The average Bonchev–Trinajstić information content (AvgIpc) is 2.39. The summed E-state index contributed by atoms with van der Waals surface area (Å²) in [5, 5.41) is 6.31. The van der Waals surface area contributed by atoms with Gasteiger partial charge in [-0.05, 0) is 37.6 Å². The molecule has 98 valence electrons. The van der Waals surface area contributed by atoms with E-state index in [1.54, 1.807) is 19.2 Å². The molecule has 0 bridgehead atoms. The van der Waals surface area contributed by atoms with Crippen molar-refractivity contribution < 1.29 is 9.53 Å². The van der Waals surface area contributed by atoms with Crippen molar-refractivity contribution >= 4 is 21.8 Å². The van der Waals surface area contributed by atoms with E-state index in [1.165, 1.54) is 0 Å². The number of piperidine rings is 1. The molecule has 18 heavy (non-hydrogen) atoms. The number of amides is 1. The molecule has 4 nitrogen and oxygen atoms in total. The molecule has 1 heterocycles. The van der Waals surface area contributed by atoms with Crippen molar-refractivity contribution in [2.24, 2.45) is 0 Å². The summed E-state index contributed by atoms with van der Waals surface area (Å²) in [6.45, 7) is 1.87. The van der Waals surface area contributed by atoms with E-state index in [-0.39, 0.29) is 11.9 Å². The fourth-order valence-electron chi connectivity index (χ4n) is 2.09. The Morgan fingerprint density at radius 2 is 2.39 bits per heavy atom. The minimum absolute atomic E-state index is 0.0759. The number of halogens is 1. The van der Waals surface area contributed by atoms with E-state index >= 15 is 0 Å². The van der Waals surface area contributed by atoms with Crippen molar-refractivity contribution in [1.29, 1.82) is 0 Å². The van der Waals surface area contributed by atoms with Crippen LogP contribution in [0.1, 0.15) is 23.2 Å². The normalized spacial score (nSPS) is 19.3. The van der Waals surface area contributed by atoms with Gasteiger partial charge in [-0.15, -0.1) is 0 Å². The van der Waals surface area contributed by atoms with Crippen molar-refractivity contribution in [3.63, 3.8) is 0 Å². The summed E-state index contributed by atoms with van der Waals surface area (Å²) >= 11 is 3.36. The van der Waals surface area contributed by atoms with Crippen molar-refractivity contribution in [1.82, 2.24) is 10.6 Å². The number of ether oxygens (including phenoxy) is 1. The van der Waals surface area contributed by atoms with Crippen LogP contribution in [0.15, 0.2) is 22.7 Å². The first-order valence-electron chi connectivity index (χ1n) is 6.06. The Morgan fingerprint density at radius 1 is 1.56 bits per heavy atom. The van der Waals surface area contributed by atoms with Crippen LogP contribution in [-0.4, -0.2) is 32.1 Å². The number of methoxy groups -OCH3 is 1. The van der Waals surface area contributed by atoms with E-state index in [1.807, 2.05) is 6.07 Å². The summed E-state index contributed by atoms with van der Waals surface area (Å²) < 4.78 is 6.13. The molecule has 1 saturated heterocycles. The lowest BCUT2D eigenvalue weighted by Crippen LogP contribution is -2.45. The molecule has 0 saturated carbocycles. The van der Waals surface area contributed by atoms with Crippen LogP contribution in [0, 0.1) is 0 Å². The van der Waals surface area contributed by atoms with Gasteiger partial charge >= 0.3 is 0 Å². The lowest BCUT2D eigenvalue weighted by atomic mass is 10.1. The van der Waals surface area contributed by atoms with E-state index in [0.717, 1.165) is 30.4 Å². The van der Waals surface area contributed by atoms with E-state index in [2.05, 4.69) is 26.6 Å². The standard InChI is InChI=1S/C13H17BrN2O2/c1-18-12-7-9(14)4-5-11(12)13(17)16-10-3-2-6-15-8-10/h4-5,7,10,15H,2-3,6,8H2,1H3,(H,16,17)/t10-/m1/s1. The second-order valence-electron chi connectivity index (χ2n) is 4.36. The first-order valence-corrected chi connectivity index (χ1v) is 6.85. The maximum absolute atomic E-state index is 12.2. The van der Waals surface area contributed by atoms with Gasteiger partial charge < -0.3 is 15.4 Å². The van der Waals surface area contributed by atoms with Gasteiger partial charge in [0.15, 0.2) is 0 Å². The number of hydrogen-bond acceptors (Lipinski definition) is 3. The second-order valence-corrected chi connectivity index (χ2v) is 5.28. The van der Waals surface area contributed by atoms with Crippen LogP contribution in [-0.2, 0) is 0 Å². The molecule has 0 aromatic heterocycles. The Balaban J connectivity index is 2.08. The summed E-state index contributed by atoms with van der Waals surface area (Å²) in [5.41, 5.74) is 0.575. The molecule has 0 unspecified atom stereocenters. The number of hydrogen-bond donors (Lipinski definition) is 2. The number of carbonyl (C=O) groups is 1. The zero-order valence-corrected chi connectivity index (χ0v) is 11.9. The molecule has 0 aliphatic carbocycles. The van der Waals surface area contributed by atoms with Crippen LogP contribution in [0.2, 0.25) is 0 Å². The highest BCUT2D eigenvalue weighted by Gasteiger charge is 2.18. The zero-order valence-electron chi connectivity index (χ0n) is 10.3. The molecular formula is C13H17BrN2O2. The van der Waals surface area contributed by atoms with Crippen molar-refractivity contribution in [2.45, 2.75) is 18.9 Å². The van der Waals surface area contributed by atoms with E-state index < -0.39 is 0 Å². The molecule has 1 fully saturated rings. The Kier molecular flexibility index (Phi) is 4.60. The van der Waals surface area contributed by atoms with E-state index in [0.29, 0.717) is 11.3 Å². The zero-order chi connectivity index (χ0) is 13.0. The SMILES string of the molecule is COc1cc(Br)ccc1C(=O)N[C@@H]1CCCNC1. The summed E-state index contributed by atoms with van der Waals surface area (Å²) in [6, 6.07) is 5.62. The van der Waals surface area contributed by atoms with E-state index in [4.69, 9.17) is 4.74 Å². The number of benzene rings is 1. The monoisotopic (exact) mass is 312 g/mol. The third-order valence-electron chi connectivity index (χ3n) is 3.04. The smallest absolute Gasteiger partial charge is 0.255 e. The van der Waals surface area contributed by atoms with Crippen LogP contribution < -0.4 is 15.4 Å². The van der Waals surface area contributed by atoms with Gasteiger partial charge in [0.2, 0.25) is 0 Å². The first kappa shape index (κ1) is 13.4. The van der Waals surface area contributed by atoms with Gasteiger partial charge in [0, 0.05) is 17.1 Å². The van der Waals surface area contributed by atoms with Gasteiger partial charge in [-0.3, -0.25) is 4.79 Å². The van der Waals surface area contributed by atoms with Crippen LogP contribution in [0.5, 0.6) is 5.75 Å². The molecule has 0 spiro atoms. The average molecular weight is 313 g/mol. The predicted molar refractivity (Wildman–Crippen MR) is 74.1 cm³/mol. The molecule has 1 atom stereocenters. The maximum Gasteiger partial charge on any atom is 0.255 e. The lowest BCUT2D eigenvalue weighted by Gasteiger charge is -2.24. The van der Waals surface area contributed by atoms with Crippen molar-refractivity contribution in [3.05, 3.63) is 28.2 Å². The molecule has 1 aromatic rings. The summed E-state index contributed by atoms with van der Waals surface area (Å²) in [6.07, 6.45) is 2.13. The minimum atomic E-state index is -0.0759. The van der Waals surface area contributed by atoms with Gasteiger partial charge in [-0.1, -0.05) is 15.9 Å². The maximum atomic E-state index is 12.2. The number of rotatable bonds is 3. The fraction of sp³-hybridized carbons (Fsp3) is 0.462. The van der Waals surface area contributed by atoms with Crippen LogP contribution in [0.3, 0.4) is 0 Å². The minimum Gasteiger partial charge on any atom is -0.496 e. The molecule has 2 N–H and O–H groups in total. The van der Waals surface area contributed by atoms with Crippen LogP contribution >= 0.6 is 15.9 Å². The Bertz CT molecular complexity index is 431. The van der Waals surface area contributed by atoms with E-state index in [9.17, 15) is 4.79 Å². The summed E-state index contributed by atoms with van der Waals surface area (Å²) in [7, 11) is 1.57. The van der Waals surface area contributed by atoms with Crippen LogP contribution in [0.4, 0.5) is 0 Å². The van der Waals surface area contributed by atoms with Gasteiger partial charge in [0.05, 0.1) is 12.7 Å². The highest BCUT2D eigenvalue weighted by molar-refractivity contribution is 9.10. The first-order chi connectivity index (χ1) is 8.70. The van der Waals surface area contributed by atoms with Crippen LogP contribution in [0.25, 0.3) is 0 Å². The number of carbonyl (C=O) groups excluding carboxylic acids is 1. The van der Waals surface area contributed by atoms with Gasteiger partial charge in [-0.2, -0.15) is 0 Å². The highest BCUT2D eigenvalue weighted by atomic mass is 79.9. The Morgan fingerprint density at radius 3 is 3.06 bits per heavy atom. The van der Waals surface area contributed by atoms with Gasteiger partial charge in [0.25, 0.3) is 5.91 Å². The Hall–Kier alpha value is -1.07. The summed E-state index contributed by atoms with van der Waals surface area (Å²) in [5.74, 6) is 0.513. The molecule has 1 aliphatic rings. The molecule has 0 radical (unpaired) electrons. The Labute approximate surface area is 115 Å². The quantitative estimate of drug-likeness (QED) is 0.897. The highest BCUT2D eigenvalue weighted by Crippen LogP contribution is 2.23. The fourth-order valence-corrected chi connectivity index (χ4v) is 2.43. The largest absolute Gasteiger partial charge is 0.496 e. The molecular weight excluding hydrogens is 296 g/mol. The predicted octanol–water partition coefficient (Wildman–Crippen LogP) is 1.94. The number of nitrogens with one attached hydrogen (secondary N) is 2. The molecule has 1 amide bonds. The van der Waals surface area contributed by atoms with Gasteiger partial charge in [0.1, 0.15) is 5.75 Å².